The zero-order valence-corrected chi connectivity index (χ0v) is 11.4. The molecule has 1 aromatic heterocycles. The van der Waals surface area contributed by atoms with E-state index in [1.807, 2.05) is 26.8 Å². The maximum absolute atomic E-state index is 11.0. The maximum Gasteiger partial charge on any atom is 0.150 e. The molecule has 2 aromatic rings. The van der Waals surface area contributed by atoms with Gasteiger partial charge in [-0.1, -0.05) is 0 Å². The first-order chi connectivity index (χ1) is 9.19. The van der Waals surface area contributed by atoms with E-state index in [-0.39, 0.29) is 0 Å². The summed E-state index contributed by atoms with van der Waals surface area (Å²) in [7, 11) is 0. The summed E-state index contributed by atoms with van der Waals surface area (Å²) in [5, 5.41) is 0.806. The normalized spacial score (nSPS) is 10.5. The minimum atomic E-state index is 0.525. The Balaban J connectivity index is 2.75. The first-order valence-corrected chi connectivity index (χ1v) is 6.35. The third-order valence-electron chi connectivity index (χ3n) is 2.73. The molecule has 0 atom stereocenters. The van der Waals surface area contributed by atoms with Crippen molar-refractivity contribution < 1.29 is 14.3 Å². The summed E-state index contributed by atoms with van der Waals surface area (Å²) in [6.07, 6.45) is 0.803. The van der Waals surface area contributed by atoms with Gasteiger partial charge < -0.3 is 9.47 Å². The molecule has 0 aliphatic rings. The van der Waals surface area contributed by atoms with Crippen molar-refractivity contribution in [2.24, 2.45) is 0 Å². The van der Waals surface area contributed by atoms with Crippen molar-refractivity contribution in [3.05, 3.63) is 29.5 Å². The second-order valence-corrected chi connectivity index (χ2v) is 4.16. The number of nitrogens with zero attached hydrogens (tertiary/aromatic N) is 1. The average Bonchev–Trinajstić information content (AvgIpc) is 2.40. The maximum atomic E-state index is 11.0. The van der Waals surface area contributed by atoms with Crippen LogP contribution in [0.2, 0.25) is 0 Å². The van der Waals surface area contributed by atoms with E-state index < -0.39 is 0 Å². The second-order valence-electron chi connectivity index (χ2n) is 4.16. The number of carbonyl (C=O) groups is 1. The summed E-state index contributed by atoms with van der Waals surface area (Å²) < 4.78 is 11.2. The fourth-order valence-corrected chi connectivity index (χ4v) is 2.02. The van der Waals surface area contributed by atoms with Gasteiger partial charge in [0, 0.05) is 22.7 Å². The monoisotopic (exact) mass is 259 g/mol. The van der Waals surface area contributed by atoms with Gasteiger partial charge in [-0.05, 0) is 32.9 Å². The van der Waals surface area contributed by atoms with E-state index in [0.29, 0.717) is 24.5 Å². The van der Waals surface area contributed by atoms with Crippen LogP contribution in [0.25, 0.3) is 10.9 Å². The molecule has 0 bridgehead atoms. The lowest BCUT2D eigenvalue weighted by molar-refractivity contribution is 0.112. The highest BCUT2D eigenvalue weighted by Crippen LogP contribution is 2.32. The molecule has 100 valence electrons. The van der Waals surface area contributed by atoms with Gasteiger partial charge in [0.25, 0.3) is 0 Å². The molecule has 19 heavy (non-hydrogen) atoms. The molecule has 4 nitrogen and oxygen atoms in total. The molecule has 0 N–H and O–H groups in total. The smallest absolute Gasteiger partial charge is 0.150 e. The molecular weight excluding hydrogens is 242 g/mol. The van der Waals surface area contributed by atoms with Crippen LogP contribution in [0.4, 0.5) is 0 Å². The summed E-state index contributed by atoms with van der Waals surface area (Å²) >= 11 is 0. The van der Waals surface area contributed by atoms with E-state index in [4.69, 9.17) is 9.47 Å². The number of benzene rings is 1. The molecule has 4 heteroatoms. The van der Waals surface area contributed by atoms with E-state index in [0.717, 1.165) is 28.6 Å². The highest BCUT2D eigenvalue weighted by atomic mass is 16.5. The fourth-order valence-electron chi connectivity index (χ4n) is 2.02. The Bertz CT molecular complexity index is 608. The molecule has 0 aliphatic heterocycles. The number of carbonyl (C=O) groups excluding carboxylic acids is 1. The lowest BCUT2D eigenvalue weighted by Gasteiger charge is -2.12. The molecular formula is C15H17NO3. The number of ether oxygens (including phenoxy) is 2. The van der Waals surface area contributed by atoms with E-state index in [2.05, 4.69) is 4.98 Å². The predicted octanol–water partition coefficient (Wildman–Crippen LogP) is 3.15. The van der Waals surface area contributed by atoms with Crippen molar-refractivity contribution in [1.29, 1.82) is 0 Å². The number of fused-ring (bicyclic) bond motifs is 1. The molecule has 0 spiro atoms. The van der Waals surface area contributed by atoms with Crippen LogP contribution >= 0.6 is 0 Å². The first-order valence-electron chi connectivity index (χ1n) is 6.35. The summed E-state index contributed by atoms with van der Waals surface area (Å²) in [6, 6.07) is 5.36. The zero-order valence-electron chi connectivity index (χ0n) is 11.4. The quantitative estimate of drug-likeness (QED) is 0.774. The molecule has 0 fully saturated rings. The molecule has 0 unspecified atom stereocenters. The molecule has 2 rings (SSSR count). The van der Waals surface area contributed by atoms with Crippen LogP contribution in [-0.2, 0) is 0 Å². The Hall–Kier alpha value is -2.10. The van der Waals surface area contributed by atoms with E-state index >= 15 is 0 Å². The number of aryl methyl sites for hydroxylation is 1. The van der Waals surface area contributed by atoms with Gasteiger partial charge in [-0.3, -0.25) is 4.79 Å². The van der Waals surface area contributed by atoms with Crippen LogP contribution in [0.1, 0.15) is 29.9 Å². The van der Waals surface area contributed by atoms with Crippen LogP contribution in [0.5, 0.6) is 11.5 Å². The lowest BCUT2D eigenvalue weighted by atomic mass is 10.1. The van der Waals surface area contributed by atoms with Crippen molar-refractivity contribution in [3.8, 4) is 11.5 Å². The van der Waals surface area contributed by atoms with Gasteiger partial charge in [-0.2, -0.15) is 0 Å². The molecule has 1 heterocycles. The summed E-state index contributed by atoms with van der Waals surface area (Å²) in [5.41, 5.74) is 2.15. The van der Waals surface area contributed by atoms with E-state index in [1.54, 1.807) is 12.1 Å². The number of rotatable bonds is 5. The van der Waals surface area contributed by atoms with Gasteiger partial charge in [0.15, 0.2) is 0 Å². The Morgan fingerprint density at radius 2 is 1.79 bits per heavy atom. The molecule has 0 saturated carbocycles. The number of aromatic nitrogens is 1. The zero-order chi connectivity index (χ0) is 13.8. The third kappa shape index (κ3) is 2.67. The summed E-state index contributed by atoms with van der Waals surface area (Å²) in [6.45, 7) is 6.82. The van der Waals surface area contributed by atoms with Gasteiger partial charge in [0.1, 0.15) is 23.3 Å². The second kappa shape index (κ2) is 5.69. The largest absolute Gasteiger partial charge is 0.493 e. The lowest BCUT2D eigenvalue weighted by Crippen LogP contribution is -1.99. The van der Waals surface area contributed by atoms with Crippen molar-refractivity contribution in [1.82, 2.24) is 4.98 Å². The van der Waals surface area contributed by atoms with Crippen LogP contribution in [0, 0.1) is 6.92 Å². The number of aldehydes is 1. The van der Waals surface area contributed by atoms with Crippen LogP contribution in [0.3, 0.4) is 0 Å². The SMILES string of the molecule is CCOc1cc(C)nc2c(OCC)cc(C=O)cc12. The fraction of sp³-hybridized carbons (Fsp3) is 0.333. The van der Waals surface area contributed by atoms with Crippen molar-refractivity contribution in [2.75, 3.05) is 13.2 Å². The van der Waals surface area contributed by atoms with Gasteiger partial charge >= 0.3 is 0 Å². The summed E-state index contributed by atoms with van der Waals surface area (Å²) in [4.78, 5) is 15.5. The van der Waals surface area contributed by atoms with Crippen molar-refractivity contribution in [2.45, 2.75) is 20.8 Å². The van der Waals surface area contributed by atoms with Gasteiger partial charge in [-0.15, -0.1) is 0 Å². The molecule has 0 amide bonds. The minimum Gasteiger partial charge on any atom is -0.493 e. The van der Waals surface area contributed by atoms with E-state index in [9.17, 15) is 4.79 Å². The highest BCUT2D eigenvalue weighted by Gasteiger charge is 2.12. The van der Waals surface area contributed by atoms with E-state index in [1.165, 1.54) is 0 Å². The third-order valence-corrected chi connectivity index (χ3v) is 2.73. The minimum absolute atomic E-state index is 0.525. The number of hydrogen-bond donors (Lipinski definition) is 0. The molecule has 0 aliphatic carbocycles. The van der Waals surface area contributed by atoms with Crippen molar-refractivity contribution >= 4 is 17.2 Å². The average molecular weight is 259 g/mol. The van der Waals surface area contributed by atoms with Gasteiger partial charge in [-0.25, -0.2) is 4.98 Å². The molecule has 0 radical (unpaired) electrons. The standard InChI is InChI=1S/C15H17NO3/c1-4-18-13-6-10(3)16-15-12(13)7-11(9-17)8-14(15)19-5-2/h6-9H,4-5H2,1-3H3. The topological polar surface area (TPSA) is 48.4 Å². The van der Waals surface area contributed by atoms with Gasteiger partial charge in [0.2, 0.25) is 0 Å². The van der Waals surface area contributed by atoms with Crippen molar-refractivity contribution in [3.63, 3.8) is 0 Å². The molecule has 0 saturated heterocycles. The Kier molecular flexibility index (Phi) is 4.00. The first kappa shape index (κ1) is 13.3. The van der Waals surface area contributed by atoms with Crippen LogP contribution < -0.4 is 9.47 Å². The summed E-state index contributed by atoms with van der Waals surface area (Å²) in [5.74, 6) is 1.35. The molecule has 1 aromatic carbocycles. The number of pyridine rings is 1. The predicted molar refractivity (Wildman–Crippen MR) is 74.2 cm³/mol. The Labute approximate surface area is 112 Å². The Morgan fingerprint density at radius 1 is 1.11 bits per heavy atom. The Morgan fingerprint density at radius 3 is 2.42 bits per heavy atom. The number of hydrogen-bond acceptors (Lipinski definition) is 4. The van der Waals surface area contributed by atoms with Crippen LogP contribution in [0.15, 0.2) is 18.2 Å². The van der Waals surface area contributed by atoms with Crippen LogP contribution in [-0.4, -0.2) is 24.5 Å². The highest BCUT2D eigenvalue weighted by molar-refractivity contribution is 5.95. The van der Waals surface area contributed by atoms with Gasteiger partial charge in [0.05, 0.1) is 13.2 Å².